The lowest BCUT2D eigenvalue weighted by atomic mass is 9.43. The standard InChI is InChI=1S/C9H21BO3/c1-5-9(2)10(3)6-12-8-13-7-11-4/h9H,5-8H2,1-4H3/t9-/m1/s1. The fourth-order valence-corrected chi connectivity index (χ4v) is 0.977. The third kappa shape index (κ3) is 7.05. The van der Waals surface area contributed by atoms with Gasteiger partial charge in [-0.2, -0.15) is 0 Å². The zero-order valence-electron chi connectivity index (χ0n) is 9.21. The molecular weight excluding hydrogens is 167 g/mol. The van der Waals surface area contributed by atoms with Crippen molar-refractivity contribution >= 4 is 6.71 Å². The summed E-state index contributed by atoms with van der Waals surface area (Å²) < 4.78 is 15.0. The number of ether oxygens (including phenoxy) is 3. The Morgan fingerprint density at radius 2 is 1.92 bits per heavy atom. The average Bonchev–Trinajstić information content (AvgIpc) is 2.16. The molecule has 78 valence electrons. The van der Waals surface area contributed by atoms with E-state index in [0.29, 0.717) is 26.1 Å². The van der Waals surface area contributed by atoms with Crippen LogP contribution in [0, 0.1) is 0 Å². The van der Waals surface area contributed by atoms with Crippen molar-refractivity contribution in [1.82, 2.24) is 0 Å². The first-order valence-electron chi connectivity index (χ1n) is 4.86. The molecule has 0 saturated carbocycles. The topological polar surface area (TPSA) is 27.7 Å². The van der Waals surface area contributed by atoms with Gasteiger partial charge in [-0.15, -0.1) is 0 Å². The SMILES string of the molecule is CC[C@@H](C)B(C)COCOCOC. The van der Waals surface area contributed by atoms with E-state index in [4.69, 9.17) is 14.2 Å². The van der Waals surface area contributed by atoms with Crippen molar-refractivity contribution in [1.29, 1.82) is 0 Å². The van der Waals surface area contributed by atoms with Crippen LogP contribution in [0.15, 0.2) is 0 Å². The summed E-state index contributed by atoms with van der Waals surface area (Å²) in [6.07, 6.45) is 1.20. The first-order valence-corrected chi connectivity index (χ1v) is 4.86. The number of hydrogen-bond acceptors (Lipinski definition) is 3. The van der Waals surface area contributed by atoms with Gasteiger partial charge in [0.15, 0.2) is 6.71 Å². The second-order valence-corrected chi connectivity index (χ2v) is 3.46. The minimum atomic E-state index is 0.303. The van der Waals surface area contributed by atoms with Crippen LogP contribution in [-0.2, 0) is 14.2 Å². The fourth-order valence-electron chi connectivity index (χ4n) is 0.977. The number of hydrogen-bond donors (Lipinski definition) is 0. The van der Waals surface area contributed by atoms with E-state index in [9.17, 15) is 0 Å². The van der Waals surface area contributed by atoms with Crippen LogP contribution in [0.5, 0.6) is 0 Å². The second-order valence-electron chi connectivity index (χ2n) is 3.46. The molecule has 1 atom stereocenters. The summed E-state index contributed by atoms with van der Waals surface area (Å²) in [5.74, 6) is 0.711. The van der Waals surface area contributed by atoms with E-state index in [1.807, 2.05) is 0 Å². The van der Waals surface area contributed by atoms with Gasteiger partial charge in [0, 0.05) is 13.6 Å². The molecule has 0 rings (SSSR count). The van der Waals surface area contributed by atoms with Crippen LogP contribution in [-0.4, -0.2) is 33.9 Å². The Kier molecular flexibility index (Phi) is 8.50. The van der Waals surface area contributed by atoms with Crippen LogP contribution in [0.2, 0.25) is 12.6 Å². The van der Waals surface area contributed by atoms with Gasteiger partial charge in [-0.1, -0.05) is 32.9 Å². The molecule has 3 nitrogen and oxygen atoms in total. The third-order valence-corrected chi connectivity index (χ3v) is 2.36. The van der Waals surface area contributed by atoms with Gasteiger partial charge in [-0.3, -0.25) is 0 Å². The third-order valence-electron chi connectivity index (χ3n) is 2.36. The second kappa shape index (κ2) is 8.54. The van der Waals surface area contributed by atoms with Crippen LogP contribution < -0.4 is 0 Å². The Morgan fingerprint density at radius 1 is 1.23 bits per heavy atom. The van der Waals surface area contributed by atoms with E-state index >= 15 is 0 Å². The summed E-state index contributed by atoms with van der Waals surface area (Å²) in [6.45, 7) is 8.62. The smallest absolute Gasteiger partial charge is 0.171 e. The average molecular weight is 188 g/mol. The molecule has 0 aliphatic heterocycles. The fraction of sp³-hybridized carbons (Fsp3) is 1.00. The molecule has 0 saturated heterocycles. The van der Waals surface area contributed by atoms with Gasteiger partial charge in [0.05, 0.1) is 0 Å². The predicted octanol–water partition coefficient (Wildman–Crippen LogP) is 2.04. The maximum atomic E-state index is 5.32. The molecule has 0 spiro atoms. The van der Waals surface area contributed by atoms with Crippen LogP contribution in [0.1, 0.15) is 20.3 Å². The molecule has 0 bridgehead atoms. The van der Waals surface area contributed by atoms with Crippen molar-refractivity contribution in [3.8, 4) is 0 Å². The highest BCUT2D eigenvalue weighted by Crippen LogP contribution is 2.13. The molecule has 0 heterocycles. The van der Waals surface area contributed by atoms with Crippen molar-refractivity contribution < 1.29 is 14.2 Å². The van der Waals surface area contributed by atoms with Crippen molar-refractivity contribution in [3.05, 3.63) is 0 Å². The van der Waals surface area contributed by atoms with Gasteiger partial charge >= 0.3 is 0 Å². The Morgan fingerprint density at radius 3 is 2.46 bits per heavy atom. The molecule has 0 unspecified atom stereocenters. The van der Waals surface area contributed by atoms with Crippen LogP contribution in [0.3, 0.4) is 0 Å². The summed E-state index contributed by atoms with van der Waals surface area (Å²) in [7, 11) is 1.60. The molecule has 0 radical (unpaired) electrons. The molecule has 4 heteroatoms. The van der Waals surface area contributed by atoms with Gasteiger partial charge in [0.1, 0.15) is 13.6 Å². The van der Waals surface area contributed by atoms with Crippen LogP contribution in [0.25, 0.3) is 0 Å². The molecule has 0 aliphatic carbocycles. The Hall–Kier alpha value is -0.0551. The van der Waals surface area contributed by atoms with Crippen molar-refractivity contribution in [2.24, 2.45) is 0 Å². The number of methoxy groups -OCH3 is 1. The summed E-state index contributed by atoms with van der Waals surface area (Å²) in [5.41, 5.74) is 0. The highest BCUT2D eigenvalue weighted by molar-refractivity contribution is 6.58. The largest absolute Gasteiger partial charge is 0.363 e. The predicted molar refractivity (Wildman–Crippen MR) is 55.1 cm³/mol. The Balaban J connectivity index is 3.21. The summed E-state index contributed by atoms with van der Waals surface area (Å²) in [5, 5.41) is 0. The zero-order valence-corrected chi connectivity index (χ0v) is 9.21. The summed E-state index contributed by atoms with van der Waals surface area (Å²) in [4.78, 5) is 0. The van der Waals surface area contributed by atoms with E-state index < -0.39 is 0 Å². The Bertz CT molecular complexity index is 111. The van der Waals surface area contributed by atoms with Crippen LogP contribution >= 0.6 is 0 Å². The minimum Gasteiger partial charge on any atom is -0.363 e. The van der Waals surface area contributed by atoms with Gasteiger partial charge in [-0.05, 0) is 0 Å². The maximum absolute atomic E-state index is 5.32. The van der Waals surface area contributed by atoms with Crippen molar-refractivity contribution in [3.63, 3.8) is 0 Å². The van der Waals surface area contributed by atoms with Gasteiger partial charge < -0.3 is 14.2 Å². The first kappa shape index (κ1) is 12.9. The van der Waals surface area contributed by atoms with E-state index in [1.54, 1.807) is 7.11 Å². The number of rotatable bonds is 8. The highest BCUT2D eigenvalue weighted by Gasteiger charge is 2.14. The van der Waals surface area contributed by atoms with Crippen molar-refractivity contribution in [2.45, 2.75) is 32.9 Å². The molecule has 0 aromatic heterocycles. The van der Waals surface area contributed by atoms with E-state index in [0.717, 1.165) is 6.51 Å². The molecular formula is C9H21BO3. The molecule has 0 aromatic rings. The molecule has 13 heavy (non-hydrogen) atoms. The first-order chi connectivity index (χ1) is 6.22. The molecule has 0 fully saturated rings. The normalized spacial score (nSPS) is 12.9. The summed E-state index contributed by atoms with van der Waals surface area (Å²) >= 11 is 0. The monoisotopic (exact) mass is 188 g/mol. The minimum absolute atomic E-state index is 0.303. The summed E-state index contributed by atoms with van der Waals surface area (Å²) in [6, 6.07) is 0. The highest BCUT2D eigenvalue weighted by atomic mass is 16.7. The quantitative estimate of drug-likeness (QED) is 0.331. The lowest BCUT2D eigenvalue weighted by Gasteiger charge is -2.14. The van der Waals surface area contributed by atoms with Gasteiger partial charge in [-0.25, -0.2) is 0 Å². The van der Waals surface area contributed by atoms with E-state index in [1.165, 1.54) is 6.42 Å². The maximum Gasteiger partial charge on any atom is 0.171 e. The zero-order chi connectivity index (χ0) is 10.1. The molecule has 0 aliphatic rings. The molecule has 0 aromatic carbocycles. The lowest BCUT2D eigenvalue weighted by molar-refractivity contribution is -0.112. The van der Waals surface area contributed by atoms with Crippen LogP contribution in [0.4, 0.5) is 0 Å². The molecule has 0 amide bonds. The van der Waals surface area contributed by atoms with Crippen molar-refractivity contribution in [2.75, 3.05) is 27.2 Å². The van der Waals surface area contributed by atoms with Gasteiger partial charge in [0.2, 0.25) is 0 Å². The van der Waals surface area contributed by atoms with E-state index in [-0.39, 0.29) is 0 Å². The van der Waals surface area contributed by atoms with Gasteiger partial charge in [0.25, 0.3) is 0 Å². The lowest BCUT2D eigenvalue weighted by Crippen LogP contribution is -2.22. The Labute approximate surface area is 81.8 Å². The molecule has 0 N–H and O–H groups in total. The van der Waals surface area contributed by atoms with E-state index in [2.05, 4.69) is 20.7 Å².